The summed E-state index contributed by atoms with van der Waals surface area (Å²) in [6, 6.07) is 1.91. The second kappa shape index (κ2) is 4.49. The molecule has 5 heteroatoms. The smallest absolute Gasteiger partial charge is 0.105 e. The summed E-state index contributed by atoms with van der Waals surface area (Å²) in [5.74, 6) is 6.47. The number of hydrogen-bond acceptors (Lipinski definition) is 4. The van der Waals surface area contributed by atoms with E-state index in [0.29, 0.717) is 0 Å². The van der Waals surface area contributed by atoms with Crippen LogP contribution in [-0.4, -0.2) is 0 Å². The van der Waals surface area contributed by atoms with E-state index in [4.69, 9.17) is 10.3 Å². The van der Waals surface area contributed by atoms with Crippen molar-refractivity contribution < 1.29 is 4.42 Å². The van der Waals surface area contributed by atoms with Gasteiger partial charge in [-0.2, -0.15) is 11.3 Å². The number of thiophene rings is 1. The van der Waals surface area contributed by atoms with Gasteiger partial charge in [-0.25, -0.2) is 5.43 Å². The number of halogens is 1. The van der Waals surface area contributed by atoms with E-state index in [0.717, 1.165) is 21.4 Å². The number of aryl methyl sites for hydroxylation is 1. The Balaban J connectivity index is 2.41. The molecule has 0 fully saturated rings. The van der Waals surface area contributed by atoms with Crippen molar-refractivity contribution in [1.29, 1.82) is 0 Å². The molecule has 0 radical (unpaired) electrons. The topological polar surface area (TPSA) is 51.2 Å². The highest BCUT2D eigenvalue weighted by atomic mass is 79.9. The molecule has 3 N–H and O–H groups in total. The van der Waals surface area contributed by atoms with E-state index in [1.807, 2.05) is 18.4 Å². The van der Waals surface area contributed by atoms with E-state index in [9.17, 15) is 0 Å². The third-order valence-corrected chi connectivity index (χ3v) is 4.08. The van der Waals surface area contributed by atoms with Gasteiger partial charge in [-0.15, -0.1) is 0 Å². The molecule has 0 spiro atoms. The Kier molecular flexibility index (Phi) is 3.25. The van der Waals surface area contributed by atoms with Crippen molar-refractivity contribution in [3.05, 3.63) is 44.4 Å². The Morgan fingerprint density at radius 2 is 2.27 bits per heavy atom. The van der Waals surface area contributed by atoms with Gasteiger partial charge in [0.1, 0.15) is 5.76 Å². The quantitative estimate of drug-likeness (QED) is 0.674. The van der Waals surface area contributed by atoms with Crippen LogP contribution in [0.15, 0.2) is 32.0 Å². The number of hydrogen-bond donors (Lipinski definition) is 2. The first kappa shape index (κ1) is 10.9. The SMILES string of the molecule is Cc1occc1C(NN)c1cscc1Br. The number of nitrogens with two attached hydrogens (primary N) is 1. The molecule has 2 aromatic heterocycles. The second-order valence-corrected chi connectivity index (χ2v) is 4.80. The zero-order chi connectivity index (χ0) is 10.8. The zero-order valence-electron chi connectivity index (χ0n) is 8.16. The Morgan fingerprint density at radius 3 is 2.73 bits per heavy atom. The predicted octanol–water partition coefficient (Wildman–Crippen LogP) is 2.96. The standard InChI is InChI=1S/C10H11BrN2OS/c1-6-7(2-3-14-6)10(13-12)8-4-15-5-9(8)11/h2-5,10,13H,12H2,1H3. The molecule has 0 aliphatic heterocycles. The Hall–Kier alpha value is -0.620. The van der Waals surface area contributed by atoms with Gasteiger partial charge in [-0.3, -0.25) is 5.84 Å². The van der Waals surface area contributed by atoms with Crippen molar-refractivity contribution in [2.24, 2.45) is 5.84 Å². The summed E-state index contributed by atoms with van der Waals surface area (Å²) in [5.41, 5.74) is 5.00. The summed E-state index contributed by atoms with van der Waals surface area (Å²) in [7, 11) is 0. The van der Waals surface area contributed by atoms with Crippen LogP contribution in [0.4, 0.5) is 0 Å². The first-order valence-electron chi connectivity index (χ1n) is 4.45. The predicted molar refractivity (Wildman–Crippen MR) is 64.6 cm³/mol. The van der Waals surface area contributed by atoms with Crippen molar-refractivity contribution in [2.75, 3.05) is 0 Å². The number of hydrazine groups is 1. The van der Waals surface area contributed by atoms with Gasteiger partial charge < -0.3 is 4.42 Å². The zero-order valence-corrected chi connectivity index (χ0v) is 10.6. The largest absolute Gasteiger partial charge is 0.469 e. The van der Waals surface area contributed by atoms with Gasteiger partial charge in [0.25, 0.3) is 0 Å². The molecule has 1 unspecified atom stereocenters. The highest BCUT2D eigenvalue weighted by Gasteiger charge is 2.19. The molecular weight excluding hydrogens is 276 g/mol. The van der Waals surface area contributed by atoms with E-state index in [-0.39, 0.29) is 6.04 Å². The van der Waals surface area contributed by atoms with Crippen molar-refractivity contribution >= 4 is 27.3 Å². The summed E-state index contributed by atoms with van der Waals surface area (Å²) in [6.45, 7) is 1.93. The van der Waals surface area contributed by atoms with Crippen molar-refractivity contribution in [3.63, 3.8) is 0 Å². The van der Waals surface area contributed by atoms with Crippen LogP contribution in [0.25, 0.3) is 0 Å². The van der Waals surface area contributed by atoms with Crippen LogP contribution in [0, 0.1) is 6.92 Å². The molecule has 1 atom stereocenters. The fourth-order valence-electron chi connectivity index (χ4n) is 1.54. The molecule has 0 aliphatic rings. The molecule has 0 saturated heterocycles. The molecule has 0 bridgehead atoms. The molecule has 80 valence electrons. The van der Waals surface area contributed by atoms with E-state index >= 15 is 0 Å². The lowest BCUT2D eigenvalue weighted by Gasteiger charge is -2.14. The number of rotatable bonds is 3. The normalized spacial score (nSPS) is 13.0. The van der Waals surface area contributed by atoms with Crippen LogP contribution in [-0.2, 0) is 0 Å². The van der Waals surface area contributed by atoms with Gasteiger partial charge in [0.2, 0.25) is 0 Å². The molecular formula is C10H11BrN2OS. The average molecular weight is 287 g/mol. The summed E-state index contributed by atoms with van der Waals surface area (Å²) < 4.78 is 6.34. The van der Waals surface area contributed by atoms with Crippen molar-refractivity contribution in [3.8, 4) is 0 Å². The van der Waals surface area contributed by atoms with Gasteiger partial charge in [-0.1, -0.05) is 0 Å². The fourth-order valence-corrected chi connectivity index (χ4v) is 3.09. The van der Waals surface area contributed by atoms with Crippen LogP contribution in [0.3, 0.4) is 0 Å². The van der Waals surface area contributed by atoms with Crippen molar-refractivity contribution in [2.45, 2.75) is 13.0 Å². The molecule has 2 aromatic rings. The van der Waals surface area contributed by atoms with Gasteiger partial charge in [0, 0.05) is 15.4 Å². The molecule has 0 saturated carbocycles. The monoisotopic (exact) mass is 286 g/mol. The minimum absolute atomic E-state index is 0.0237. The van der Waals surface area contributed by atoms with Crippen LogP contribution >= 0.6 is 27.3 Å². The maximum absolute atomic E-state index is 5.59. The first-order chi connectivity index (χ1) is 7.24. The van der Waals surface area contributed by atoms with Gasteiger partial charge in [0.05, 0.1) is 12.3 Å². The van der Waals surface area contributed by atoms with Gasteiger partial charge in [-0.05, 0) is 39.9 Å². The van der Waals surface area contributed by atoms with Crippen molar-refractivity contribution in [1.82, 2.24) is 5.43 Å². The summed E-state index contributed by atoms with van der Waals surface area (Å²) in [6.07, 6.45) is 1.68. The number of furan rings is 1. The Bertz CT molecular complexity index is 411. The van der Waals surface area contributed by atoms with Crippen LogP contribution in [0.2, 0.25) is 0 Å². The van der Waals surface area contributed by atoms with Crippen LogP contribution < -0.4 is 11.3 Å². The van der Waals surface area contributed by atoms with Crippen LogP contribution in [0.1, 0.15) is 22.9 Å². The minimum Gasteiger partial charge on any atom is -0.469 e. The highest BCUT2D eigenvalue weighted by Crippen LogP contribution is 2.32. The lowest BCUT2D eigenvalue weighted by atomic mass is 10.0. The summed E-state index contributed by atoms with van der Waals surface area (Å²) in [4.78, 5) is 0. The third-order valence-electron chi connectivity index (χ3n) is 2.33. The lowest BCUT2D eigenvalue weighted by Crippen LogP contribution is -2.28. The summed E-state index contributed by atoms with van der Waals surface area (Å²) >= 11 is 5.14. The molecule has 15 heavy (non-hydrogen) atoms. The Labute approximate surface area is 100 Å². The lowest BCUT2D eigenvalue weighted by molar-refractivity contribution is 0.520. The fraction of sp³-hybridized carbons (Fsp3) is 0.200. The molecule has 0 aliphatic carbocycles. The molecule has 2 rings (SSSR count). The maximum Gasteiger partial charge on any atom is 0.105 e. The van der Waals surface area contributed by atoms with Gasteiger partial charge in [0.15, 0.2) is 0 Å². The summed E-state index contributed by atoms with van der Waals surface area (Å²) in [5, 5.41) is 4.11. The molecule has 0 aromatic carbocycles. The third kappa shape index (κ3) is 2.01. The average Bonchev–Trinajstić information content (AvgIpc) is 2.80. The Morgan fingerprint density at radius 1 is 1.47 bits per heavy atom. The molecule has 2 heterocycles. The molecule has 0 amide bonds. The first-order valence-corrected chi connectivity index (χ1v) is 6.19. The van der Waals surface area contributed by atoms with E-state index < -0.39 is 0 Å². The second-order valence-electron chi connectivity index (χ2n) is 3.21. The highest BCUT2D eigenvalue weighted by molar-refractivity contribution is 9.10. The maximum atomic E-state index is 5.59. The van der Waals surface area contributed by atoms with E-state index in [2.05, 4.69) is 26.7 Å². The van der Waals surface area contributed by atoms with E-state index in [1.165, 1.54) is 0 Å². The van der Waals surface area contributed by atoms with Gasteiger partial charge >= 0.3 is 0 Å². The minimum atomic E-state index is -0.0237. The molecule has 3 nitrogen and oxygen atoms in total. The number of nitrogens with one attached hydrogen (secondary N) is 1. The van der Waals surface area contributed by atoms with Crippen LogP contribution in [0.5, 0.6) is 0 Å². The van der Waals surface area contributed by atoms with E-state index in [1.54, 1.807) is 17.6 Å².